The van der Waals surface area contributed by atoms with Gasteiger partial charge in [-0.2, -0.15) is 4.31 Å². The highest BCUT2D eigenvalue weighted by molar-refractivity contribution is 7.89. The average Bonchev–Trinajstić information content (AvgIpc) is 3.18. The van der Waals surface area contributed by atoms with E-state index in [0.29, 0.717) is 18.0 Å². The van der Waals surface area contributed by atoms with Crippen molar-refractivity contribution in [3.63, 3.8) is 0 Å². The SMILES string of the molecule is C[C@@H]1CN(S(=O)(=O)c2cccc(-c3csc(-c4ccccc4)n3)c2)C[C@@H](C)O1. The molecule has 0 N–H and O–H groups in total. The molecule has 1 saturated heterocycles. The van der Waals surface area contributed by atoms with Gasteiger partial charge in [0.15, 0.2) is 0 Å². The lowest BCUT2D eigenvalue weighted by atomic mass is 10.2. The molecule has 0 bridgehead atoms. The minimum absolute atomic E-state index is 0.117. The number of nitrogens with zero attached hydrogens (tertiary/aromatic N) is 2. The smallest absolute Gasteiger partial charge is 0.243 e. The van der Waals surface area contributed by atoms with Gasteiger partial charge in [0.05, 0.1) is 22.8 Å². The van der Waals surface area contributed by atoms with Crippen LogP contribution in [0.3, 0.4) is 0 Å². The zero-order chi connectivity index (χ0) is 19.7. The highest BCUT2D eigenvalue weighted by Crippen LogP contribution is 2.30. The lowest BCUT2D eigenvalue weighted by Crippen LogP contribution is -2.48. The summed E-state index contributed by atoms with van der Waals surface area (Å²) in [5, 5.41) is 2.88. The Bertz CT molecular complexity index is 1050. The van der Waals surface area contributed by atoms with Crippen LogP contribution in [0.5, 0.6) is 0 Å². The number of hydrogen-bond donors (Lipinski definition) is 0. The Balaban J connectivity index is 1.64. The molecule has 1 aliphatic heterocycles. The van der Waals surface area contributed by atoms with Crippen LogP contribution < -0.4 is 0 Å². The average molecular weight is 415 g/mol. The quantitative estimate of drug-likeness (QED) is 0.640. The molecule has 2 aromatic carbocycles. The van der Waals surface area contributed by atoms with Gasteiger partial charge < -0.3 is 4.74 Å². The number of benzene rings is 2. The summed E-state index contributed by atoms with van der Waals surface area (Å²) < 4.78 is 33.5. The van der Waals surface area contributed by atoms with Crippen LogP contribution in [0.2, 0.25) is 0 Å². The highest BCUT2D eigenvalue weighted by atomic mass is 32.2. The zero-order valence-electron chi connectivity index (χ0n) is 15.8. The van der Waals surface area contributed by atoms with E-state index in [2.05, 4.69) is 0 Å². The fourth-order valence-electron chi connectivity index (χ4n) is 3.41. The summed E-state index contributed by atoms with van der Waals surface area (Å²) in [5.74, 6) is 0. The van der Waals surface area contributed by atoms with E-state index in [1.54, 1.807) is 29.5 Å². The largest absolute Gasteiger partial charge is 0.373 e. The van der Waals surface area contributed by atoms with Gasteiger partial charge in [-0.05, 0) is 26.0 Å². The van der Waals surface area contributed by atoms with E-state index < -0.39 is 10.0 Å². The molecule has 0 spiro atoms. The van der Waals surface area contributed by atoms with E-state index >= 15 is 0 Å². The molecule has 28 heavy (non-hydrogen) atoms. The molecule has 0 aliphatic carbocycles. The van der Waals surface area contributed by atoms with Gasteiger partial charge in [-0.25, -0.2) is 13.4 Å². The number of ether oxygens (including phenoxy) is 1. The molecule has 0 unspecified atom stereocenters. The van der Waals surface area contributed by atoms with Gasteiger partial charge >= 0.3 is 0 Å². The normalized spacial score (nSPS) is 20.9. The molecule has 2 heterocycles. The molecule has 146 valence electrons. The summed E-state index contributed by atoms with van der Waals surface area (Å²) in [5.41, 5.74) is 2.64. The number of hydrogen-bond acceptors (Lipinski definition) is 5. The standard InChI is InChI=1S/C21H22N2O3S2/c1-15-12-23(13-16(2)26-15)28(24,25)19-10-6-9-18(11-19)20-14-27-21(22-20)17-7-4-3-5-8-17/h3-11,14-16H,12-13H2,1-2H3/t15-,16-/m1/s1. The maximum Gasteiger partial charge on any atom is 0.243 e. The van der Waals surface area contributed by atoms with E-state index in [1.807, 2.05) is 55.6 Å². The van der Waals surface area contributed by atoms with Crippen LogP contribution in [0.1, 0.15) is 13.8 Å². The number of aromatic nitrogens is 1. The van der Waals surface area contributed by atoms with Gasteiger partial charge in [0, 0.05) is 29.6 Å². The Hall–Kier alpha value is -2.06. The van der Waals surface area contributed by atoms with Crippen molar-refractivity contribution in [1.82, 2.24) is 9.29 Å². The van der Waals surface area contributed by atoms with Gasteiger partial charge in [0.25, 0.3) is 0 Å². The second-order valence-corrected chi connectivity index (χ2v) is 9.81. The number of rotatable bonds is 4. The fourth-order valence-corrected chi connectivity index (χ4v) is 5.88. The molecule has 0 amide bonds. The van der Waals surface area contributed by atoms with Crippen LogP contribution >= 0.6 is 11.3 Å². The molecular weight excluding hydrogens is 392 g/mol. The van der Waals surface area contributed by atoms with Crippen LogP contribution in [-0.2, 0) is 14.8 Å². The predicted octanol–water partition coefficient (Wildman–Crippen LogP) is 4.28. The van der Waals surface area contributed by atoms with Crippen LogP contribution in [-0.4, -0.2) is 43.0 Å². The number of sulfonamides is 1. The summed E-state index contributed by atoms with van der Waals surface area (Å²) in [7, 11) is -3.57. The number of thiazole rings is 1. The van der Waals surface area contributed by atoms with Gasteiger partial charge in [0.2, 0.25) is 10.0 Å². The minimum atomic E-state index is -3.57. The molecular formula is C21H22N2O3S2. The summed E-state index contributed by atoms with van der Waals surface area (Å²) in [6.45, 7) is 4.53. The van der Waals surface area contributed by atoms with Gasteiger partial charge in [-0.1, -0.05) is 42.5 Å². The Morgan fingerprint density at radius 3 is 2.39 bits per heavy atom. The van der Waals surface area contributed by atoms with Gasteiger partial charge in [0.1, 0.15) is 5.01 Å². The third-order valence-corrected chi connectivity index (χ3v) is 7.40. The molecule has 2 atom stereocenters. The number of morpholine rings is 1. The van der Waals surface area contributed by atoms with Gasteiger partial charge in [-0.3, -0.25) is 0 Å². The molecule has 1 aromatic heterocycles. The van der Waals surface area contributed by atoms with Crippen molar-refractivity contribution in [2.45, 2.75) is 31.0 Å². The molecule has 1 fully saturated rings. The molecule has 7 heteroatoms. The van der Waals surface area contributed by atoms with Crippen molar-refractivity contribution in [2.75, 3.05) is 13.1 Å². The molecule has 4 rings (SSSR count). The lowest BCUT2D eigenvalue weighted by Gasteiger charge is -2.34. The lowest BCUT2D eigenvalue weighted by molar-refractivity contribution is -0.0440. The molecule has 0 radical (unpaired) electrons. The van der Waals surface area contributed by atoms with Crippen LogP contribution in [0, 0.1) is 0 Å². The third kappa shape index (κ3) is 3.89. The van der Waals surface area contributed by atoms with Crippen molar-refractivity contribution < 1.29 is 13.2 Å². The summed E-state index contributed by atoms with van der Waals surface area (Å²) in [4.78, 5) is 4.99. The monoisotopic (exact) mass is 414 g/mol. The first-order valence-corrected chi connectivity index (χ1v) is 11.5. The van der Waals surface area contributed by atoms with Crippen molar-refractivity contribution in [1.29, 1.82) is 0 Å². The maximum atomic E-state index is 13.1. The molecule has 5 nitrogen and oxygen atoms in total. The zero-order valence-corrected chi connectivity index (χ0v) is 17.4. The minimum Gasteiger partial charge on any atom is -0.373 e. The summed E-state index contributed by atoms with van der Waals surface area (Å²) in [6.07, 6.45) is -0.234. The van der Waals surface area contributed by atoms with Crippen molar-refractivity contribution in [3.05, 3.63) is 60.0 Å². The van der Waals surface area contributed by atoms with Crippen LogP contribution in [0.4, 0.5) is 0 Å². The van der Waals surface area contributed by atoms with E-state index in [0.717, 1.165) is 21.8 Å². The van der Waals surface area contributed by atoms with E-state index in [-0.39, 0.29) is 12.2 Å². The predicted molar refractivity (Wildman–Crippen MR) is 112 cm³/mol. The Morgan fingerprint density at radius 2 is 1.68 bits per heavy atom. The van der Waals surface area contributed by atoms with Crippen molar-refractivity contribution in [2.24, 2.45) is 0 Å². The fraction of sp³-hybridized carbons (Fsp3) is 0.286. The van der Waals surface area contributed by atoms with E-state index in [4.69, 9.17) is 9.72 Å². The second-order valence-electron chi connectivity index (χ2n) is 7.01. The van der Waals surface area contributed by atoms with E-state index in [1.165, 1.54) is 4.31 Å². The highest BCUT2D eigenvalue weighted by Gasteiger charge is 2.32. The van der Waals surface area contributed by atoms with Crippen molar-refractivity contribution >= 4 is 21.4 Å². The van der Waals surface area contributed by atoms with Crippen LogP contribution in [0.15, 0.2) is 64.9 Å². The third-order valence-electron chi connectivity index (χ3n) is 4.68. The topological polar surface area (TPSA) is 59.5 Å². The second kappa shape index (κ2) is 7.75. The van der Waals surface area contributed by atoms with Crippen molar-refractivity contribution in [3.8, 4) is 21.8 Å². The first-order valence-electron chi connectivity index (χ1n) is 9.20. The maximum absolute atomic E-state index is 13.1. The first-order chi connectivity index (χ1) is 13.4. The molecule has 0 saturated carbocycles. The molecule has 1 aliphatic rings. The summed E-state index contributed by atoms with van der Waals surface area (Å²) in [6, 6.07) is 17.0. The molecule has 3 aromatic rings. The Kier molecular flexibility index (Phi) is 5.33. The van der Waals surface area contributed by atoms with Crippen LogP contribution in [0.25, 0.3) is 21.8 Å². The first kappa shape index (κ1) is 19.3. The van der Waals surface area contributed by atoms with E-state index in [9.17, 15) is 8.42 Å². The summed E-state index contributed by atoms with van der Waals surface area (Å²) >= 11 is 1.55. The Morgan fingerprint density at radius 1 is 1.00 bits per heavy atom. The van der Waals surface area contributed by atoms with Gasteiger partial charge in [-0.15, -0.1) is 11.3 Å². The Labute approximate surface area is 169 Å².